The van der Waals surface area contributed by atoms with Crippen LogP contribution in [0.4, 0.5) is 10.1 Å². The first-order chi connectivity index (χ1) is 14.6. The number of allylic oxidation sites excluding steroid dienone is 1. The fourth-order valence-corrected chi connectivity index (χ4v) is 4.50. The Morgan fingerprint density at radius 3 is 2.26 bits per heavy atom. The third-order valence-electron chi connectivity index (χ3n) is 5.68. The summed E-state index contributed by atoms with van der Waals surface area (Å²) in [5, 5.41) is 14.5. The highest BCUT2D eigenvalue weighted by atomic mass is 19.1. The van der Waals surface area contributed by atoms with Crippen LogP contribution in [0, 0.1) is 11.7 Å². The molecule has 3 atom stereocenters. The van der Waals surface area contributed by atoms with Gasteiger partial charge < -0.3 is 15.2 Å². The number of carbonyl (C=O) groups is 2. The molecule has 5 nitrogen and oxygen atoms in total. The second-order valence-electron chi connectivity index (χ2n) is 8.18. The maximum atomic E-state index is 13.6. The molecular formula is C25H28FNO4. The topological polar surface area (TPSA) is 75.6 Å². The number of hydrogen-bond donors (Lipinski definition) is 2. The van der Waals surface area contributed by atoms with Crippen molar-refractivity contribution in [3.8, 4) is 5.75 Å². The van der Waals surface area contributed by atoms with Gasteiger partial charge in [-0.3, -0.25) is 9.59 Å². The molecule has 0 bridgehead atoms. The number of hydrogen-bond acceptors (Lipinski definition) is 5. The Labute approximate surface area is 181 Å². The molecule has 0 aliphatic heterocycles. The molecular weight excluding hydrogens is 397 g/mol. The number of carbonyl (C=O) groups excluding carboxylic acids is 2. The van der Waals surface area contributed by atoms with Crippen molar-refractivity contribution in [3.63, 3.8) is 0 Å². The lowest BCUT2D eigenvalue weighted by atomic mass is 9.64. The highest BCUT2D eigenvalue weighted by molar-refractivity contribution is 5.98. The predicted octanol–water partition coefficient (Wildman–Crippen LogP) is 4.62. The molecule has 164 valence electrons. The van der Waals surface area contributed by atoms with E-state index in [9.17, 15) is 19.1 Å². The number of anilines is 1. The summed E-state index contributed by atoms with van der Waals surface area (Å²) in [6.45, 7) is 6.93. The number of rotatable bonds is 7. The Kier molecular flexibility index (Phi) is 6.60. The normalized spacial score (nSPS) is 23.4. The predicted molar refractivity (Wildman–Crippen MR) is 117 cm³/mol. The van der Waals surface area contributed by atoms with Crippen LogP contribution in [0.5, 0.6) is 5.75 Å². The molecule has 0 spiro atoms. The molecule has 0 aromatic heterocycles. The van der Waals surface area contributed by atoms with Crippen LogP contribution in [-0.4, -0.2) is 28.9 Å². The van der Waals surface area contributed by atoms with Gasteiger partial charge >= 0.3 is 0 Å². The van der Waals surface area contributed by atoms with E-state index in [0.29, 0.717) is 23.4 Å². The fourth-order valence-electron chi connectivity index (χ4n) is 4.50. The van der Waals surface area contributed by atoms with Crippen molar-refractivity contribution in [2.24, 2.45) is 5.92 Å². The van der Waals surface area contributed by atoms with Crippen molar-refractivity contribution in [3.05, 3.63) is 71.2 Å². The number of benzene rings is 2. The van der Waals surface area contributed by atoms with E-state index in [1.54, 1.807) is 19.1 Å². The van der Waals surface area contributed by atoms with Gasteiger partial charge in [-0.15, -0.1) is 0 Å². The van der Waals surface area contributed by atoms with E-state index in [0.717, 1.165) is 11.4 Å². The molecule has 0 heterocycles. The minimum Gasteiger partial charge on any atom is -0.494 e. The first-order valence-electron chi connectivity index (χ1n) is 10.4. The Morgan fingerprint density at radius 2 is 1.74 bits per heavy atom. The van der Waals surface area contributed by atoms with Gasteiger partial charge in [0.1, 0.15) is 17.3 Å². The van der Waals surface area contributed by atoms with Crippen molar-refractivity contribution in [2.45, 2.75) is 45.6 Å². The zero-order valence-electron chi connectivity index (χ0n) is 18.2. The Hall–Kier alpha value is -2.99. The van der Waals surface area contributed by atoms with E-state index in [-0.39, 0.29) is 18.0 Å². The molecule has 31 heavy (non-hydrogen) atoms. The van der Waals surface area contributed by atoms with Crippen LogP contribution in [-0.2, 0) is 9.59 Å². The first kappa shape index (κ1) is 22.7. The summed E-state index contributed by atoms with van der Waals surface area (Å²) < 4.78 is 19.0. The Morgan fingerprint density at radius 1 is 1.13 bits per heavy atom. The molecule has 0 saturated carbocycles. The second-order valence-corrected chi connectivity index (χ2v) is 8.18. The maximum Gasteiger partial charge on any atom is 0.158 e. The van der Waals surface area contributed by atoms with Crippen LogP contribution in [0.25, 0.3) is 0 Å². The summed E-state index contributed by atoms with van der Waals surface area (Å²) in [6.07, 6.45) is 0.108. The van der Waals surface area contributed by atoms with Crippen LogP contribution < -0.4 is 10.1 Å². The Balaban J connectivity index is 2.12. The SMILES string of the molecule is CCOc1ccc(NC2=C(C(C)=O)[C@H](c3ccc(F)cc3)[C@H](C(C)=O)[C@@](C)(O)C2)cc1. The van der Waals surface area contributed by atoms with E-state index in [4.69, 9.17) is 4.74 Å². The standard InChI is InChI=1S/C25H28FNO4/c1-5-31-20-12-10-19(11-13-20)27-21-14-25(4,30)24(16(3)29)23(22(21)15(2)28)17-6-8-18(26)9-7-17/h6-13,23-24,27,30H,5,14H2,1-4H3/t23-,24-,25-/m0/s1. The van der Waals surface area contributed by atoms with Crippen molar-refractivity contribution in [1.82, 2.24) is 0 Å². The van der Waals surface area contributed by atoms with Crippen LogP contribution in [0.1, 0.15) is 45.6 Å². The van der Waals surface area contributed by atoms with Gasteiger partial charge in [0, 0.05) is 29.3 Å². The molecule has 2 aromatic rings. The van der Waals surface area contributed by atoms with Crippen LogP contribution >= 0.6 is 0 Å². The van der Waals surface area contributed by atoms with Crippen LogP contribution in [0.2, 0.25) is 0 Å². The lowest BCUT2D eigenvalue weighted by Crippen LogP contribution is -2.48. The van der Waals surface area contributed by atoms with Gasteiger partial charge in [-0.05, 0) is 69.7 Å². The van der Waals surface area contributed by atoms with Gasteiger partial charge in [-0.1, -0.05) is 12.1 Å². The molecule has 1 aliphatic carbocycles. The molecule has 6 heteroatoms. The smallest absolute Gasteiger partial charge is 0.158 e. The highest BCUT2D eigenvalue weighted by Gasteiger charge is 2.49. The fraction of sp³-hybridized carbons (Fsp3) is 0.360. The summed E-state index contributed by atoms with van der Waals surface area (Å²) in [5.74, 6) is -1.63. The van der Waals surface area contributed by atoms with Crippen molar-refractivity contribution >= 4 is 17.3 Å². The molecule has 0 radical (unpaired) electrons. The van der Waals surface area contributed by atoms with E-state index < -0.39 is 23.3 Å². The van der Waals surface area contributed by atoms with Gasteiger partial charge in [0.05, 0.1) is 18.1 Å². The molecule has 0 fully saturated rings. The van der Waals surface area contributed by atoms with E-state index in [1.807, 2.05) is 31.2 Å². The minimum absolute atomic E-state index is 0.108. The van der Waals surface area contributed by atoms with Crippen LogP contribution in [0.15, 0.2) is 59.8 Å². The number of halogens is 1. The quantitative estimate of drug-likeness (QED) is 0.677. The van der Waals surface area contributed by atoms with Gasteiger partial charge in [0.2, 0.25) is 0 Å². The number of ketones is 2. The van der Waals surface area contributed by atoms with Gasteiger partial charge in [-0.2, -0.15) is 0 Å². The first-order valence-corrected chi connectivity index (χ1v) is 10.4. The van der Waals surface area contributed by atoms with E-state index >= 15 is 0 Å². The number of nitrogens with one attached hydrogen (secondary N) is 1. The molecule has 2 aromatic carbocycles. The summed E-state index contributed by atoms with van der Waals surface area (Å²) in [5.41, 5.74) is 0.919. The van der Waals surface area contributed by atoms with Crippen molar-refractivity contribution in [2.75, 3.05) is 11.9 Å². The minimum atomic E-state index is -1.39. The third-order valence-corrected chi connectivity index (χ3v) is 5.68. The van der Waals surface area contributed by atoms with E-state index in [1.165, 1.54) is 26.0 Å². The van der Waals surface area contributed by atoms with Crippen LogP contribution in [0.3, 0.4) is 0 Å². The molecule has 0 saturated heterocycles. The summed E-state index contributed by atoms with van der Waals surface area (Å²) in [6, 6.07) is 13.0. The third kappa shape index (κ3) is 4.85. The average molecular weight is 426 g/mol. The number of ether oxygens (including phenoxy) is 1. The van der Waals surface area contributed by atoms with Gasteiger partial charge in [0.15, 0.2) is 5.78 Å². The molecule has 0 amide bonds. The summed E-state index contributed by atoms with van der Waals surface area (Å²) >= 11 is 0. The monoisotopic (exact) mass is 425 g/mol. The lowest BCUT2D eigenvalue weighted by Gasteiger charge is -2.43. The second kappa shape index (κ2) is 9.02. The van der Waals surface area contributed by atoms with Gasteiger partial charge in [0.25, 0.3) is 0 Å². The van der Waals surface area contributed by atoms with E-state index in [2.05, 4.69) is 5.32 Å². The molecule has 0 unspecified atom stereocenters. The number of Topliss-reactive ketones (excluding diaryl/α,β-unsaturated/α-hetero) is 2. The molecule has 2 N–H and O–H groups in total. The Bertz CT molecular complexity index is 993. The highest BCUT2D eigenvalue weighted by Crippen LogP contribution is 2.47. The molecule has 3 rings (SSSR count). The number of aliphatic hydroxyl groups is 1. The zero-order chi connectivity index (χ0) is 22.8. The average Bonchev–Trinajstić information content (AvgIpc) is 2.68. The summed E-state index contributed by atoms with van der Waals surface area (Å²) in [4.78, 5) is 25.4. The summed E-state index contributed by atoms with van der Waals surface area (Å²) in [7, 11) is 0. The van der Waals surface area contributed by atoms with Gasteiger partial charge in [-0.25, -0.2) is 4.39 Å². The molecule has 1 aliphatic rings. The lowest BCUT2D eigenvalue weighted by molar-refractivity contribution is -0.131. The largest absolute Gasteiger partial charge is 0.494 e. The maximum absolute atomic E-state index is 13.6. The zero-order valence-corrected chi connectivity index (χ0v) is 18.2. The van der Waals surface area contributed by atoms with Crippen molar-refractivity contribution in [1.29, 1.82) is 0 Å². The van der Waals surface area contributed by atoms with Crippen molar-refractivity contribution < 1.29 is 23.8 Å².